The van der Waals surface area contributed by atoms with E-state index in [0.717, 1.165) is 11.3 Å². The molecule has 1 aromatic carbocycles. The van der Waals surface area contributed by atoms with Crippen LogP contribution in [-0.4, -0.2) is 30.0 Å². The summed E-state index contributed by atoms with van der Waals surface area (Å²) in [6, 6.07) is 8.40. The lowest BCUT2D eigenvalue weighted by molar-refractivity contribution is -0.131. The highest BCUT2D eigenvalue weighted by molar-refractivity contribution is 5.81. The third-order valence-electron chi connectivity index (χ3n) is 4.79. The minimum absolute atomic E-state index is 0.00350. The van der Waals surface area contributed by atoms with Gasteiger partial charge in [-0.25, -0.2) is 0 Å². The van der Waals surface area contributed by atoms with Gasteiger partial charge in [-0.05, 0) is 50.3 Å². The number of benzene rings is 1. The smallest absolute Gasteiger partial charge is 0.238 e. The summed E-state index contributed by atoms with van der Waals surface area (Å²) in [5.74, 6) is 1.76. The maximum Gasteiger partial charge on any atom is 0.238 e. The first-order chi connectivity index (χ1) is 10.2. The van der Waals surface area contributed by atoms with Crippen molar-refractivity contribution in [2.75, 3.05) is 13.2 Å². The number of ether oxygens (including phenoxy) is 1. The Morgan fingerprint density at radius 1 is 1.33 bits per heavy atom. The van der Waals surface area contributed by atoms with E-state index in [1.54, 1.807) is 0 Å². The number of hydrogen-bond donors (Lipinski definition) is 1. The van der Waals surface area contributed by atoms with Gasteiger partial charge < -0.3 is 9.64 Å². The molecule has 3 rings (SSSR count). The van der Waals surface area contributed by atoms with Gasteiger partial charge in [-0.15, -0.1) is 0 Å². The molecule has 2 atom stereocenters. The van der Waals surface area contributed by atoms with Crippen molar-refractivity contribution in [2.45, 2.75) is 45.3 Å². The van der Waals surface area contributed by atoms with Crippen LogP contribution in [0, 0.1) is 5.92 Å². The molecule has 1 saturated carbocycles. The van der Waals surface area contributed by atoms with Crippen LogP contribution in [-0.2, 0) is 4.79 Å². The zero-order valence-corrected chi connectivity index (χ0v) is 12.8. The second kappa shape index (κ2) is 6.06. The van der Waals surface area contributed by atoms with Gasteiger partial charge in [-0.3, -0.25) is 10.1 Å². The van der Waals surface area contributed by atoms with E-state index in [9.17, 15) is 4.79 Å². The van der Waals surface area contributed by atoms with Gasteiger partial charge in [-0.2, -0.15) is 0 Å². The summed E-state index contributed by atoms with van der Waals surface area (Å²) < 4.78 is 5.48. The summed E-state index contributed by atoms with van der Waals surface area (Å²) in [5, 5.41) is 3.34. The highest BCUT2D eigenvalue weighted by atomic mass is 16.5. The molecule has 0 aromatic heterocycles. The molecule has 1 aromatic rings. The van der Waals surface area contributed by atoms with Crippen molar-refractivity contribution in [2.24, 2.45) is 5.92 Å². The zero-order chi connectivity index (χ0) is 14.8. The molecule has 1 saturated heterocycles. The first kappa shape index (κ1) is 14.4. The Hall–Kier alpha value is -1.55. The zero-order valence-electron chi connectivity index (χ0n) is 12.8. The summed E-state index contributed by atoms with van der Waals surface area (Å²) in [5.41, 5.74) is 1.13. The highest BCUT2D eigenvalue weighted by Crippen LogP contribution is 2.36. The summed E-state index contributed by atoms with van der Waals surface area (Å²) in [7, 11) is 0. The number of amides is 1. The Morgan fingerprint density at radius 3 is 2.62 bits per heavy atom. The third kappa shape index (κ3) is 2.77. The Balaban J connectivity index is 1.77. The van der Waals surface area contributed by atoms with E-state index in [0.29, 0.717) is 25.1 Å². The summed E-state index contributed by atoms with van der Waals surface area (Å²) >= 11 is 0. The van der Waals surface area contributed by atoms with Crippen LogP contribution < -0.4 is 10.1 Å². The van der Waals surface area contributed by atoms with Crippen LogP contribution in [0.3, 0.4) is 0 Å². The van der Waals surface area contributed by atoms with E-state index in [4.69, 9.17) is 4.74 Å². The average Bonchev–Trinajstić information content (AvgIpc) is 2.80. The molecule has 1 heterocycles. The molecule has 2 fully saturated rings. The van der Waals surface area contributed by atoms with Gasteiger partial charge in [0.15, 0.2) is 0 Å². The fraction of sp³-hybridized carbons (Fsp3) is 0.588. The molecule has 1 aliphatic carbocycles. The van der Waals surface area contributed by atoms with Crippen molar-refractivity contribution in [3.63, 3.8) is 0 Å². The predicted molar refractivity (Wildman–Crippen MR) is 82.0 cm³/mol. The molecule has 114 valence electrons. The monoisotopic (exact) mass is 288 g/mol. The number of hydrogen-bond acceptors (Lipinski definition) is 3. The van der Waals surface area contributed by atoms with Crippen LogP contribution in [0.25, 0.3) is 0 Å². The maximum atomic E-state index is 12.3. The Kier molecular flexibility index (Phi) is 4.15. The van der Waals surface area contributed by atoms with Crippen LogP contribution in [0.15, 0.2) is 24.3 Å². The van der Waals surface area contributed by atoms with Crippen molar-refractivity contribution < 1.29 is 9.53 Å². The van der Waals surface area contributed by atoms with E-state index in [1.807, 2.05) is 24.0 Å². The number of nitrogens with zero attached hydrogens (tertiary/aromatic N) is 1. The van der Waals surface area contributed by atoms with E-state index in [1.165, 1.54) is 19.3 Å². The number of carbonyl (C=O) groups excluding carboxylic acids is 1. The first-order valence-corrected chi connectivity index (χ1v) is 7.98. The van der Waals surface area contributed by atoms with Crippen LogP contribution in [0.4, 0.5) is 0 Å². The van der Waals surface area contributed by atoms with Crippen molar-refractivity contribution in [1.29, 1.82) is 0 Å². The van der Waals surface area contributed by atoms with Crippen LogP contribution in [0.2, 0.25) is 0 Å². The second-order valence-corrected chi connectivity index (χ2v) is 6.02. The van der Waals surface area contributed by atoms with Crippen molar-refractivity contribution in [3.8, 4) is 5.75 Å². The summed E-state index contributed by atoms with van der Waals surface area (Å²) in [6.07, 6.45) is 3.81. The molecule has 1 N–H and O–H groups in total. The molecule has 4 heteroatoms. The lowest BCUT2D eigenvalue weighted by Gasteiger charge is -2.39. The van der Waals surface area contributed by atoms with Crippen LogP contribution in [0.5, 0.6) is 5.75 Å². The van der Waals surface area contributed by atoms with Gasteiger partial charge in [0.05, 0.1) is 13.2 Å². The topological polar surface area (TPSA) is 41.6 Å². The van der Waals surface area contributed by atoms with Crippen LogP contribution >= 0.6 is 0 Å². The van der Waals surface area contributed by atoms with Crippen molar-refractivity contribution in [3.05, 3.63) is 29.8 Å². The first-order valence-electron chi connectivity index (χ1n) is 7.98. The third-order valence-corrected chi connectivity index (χ3v) is 4.79. The SMILES string of the molecule is CCOc1ccc(C2NCC(=O)N2C(C)C2CCC2)cc1. The fourth-order valence-corrected chi connectivity index (χ4v) is 3.32. The molecule has 2 aliphatic rings. The molecule has 1 amide bonds. The van der Waals surface area contributed by atoms with Crippen molar-refractivity contribution in [1.82, 2.24) is 10.2 Å². The minimum Gasteiger partial charge on any atom is -0.494 e. The van der Waals surface area contributed by atoms with Gasteiger partial charge in [0.1, 0.15) is 11.9 Å². The molecule has 1 aliphatic heterocycles. The summed E-state index contributed by atoms with van der Waals surface area (Å²) in [4.78, 5) is 14.3. The lowest BCUT2D eigenvalue weighted by Crippen LogP contribution is -2.44. The van der Waals surface area contributed by atoms with Gasteiger partial charge in [0.25, 0.3) is 0 Å². The average molecular weight is 288 g/mol. The molecular formula is C17H24N2O2. The minimum atomic E-state index is 0.00350. The number of rotatable bonds is 5. The van der Waals surface area contributed by atoms with Gasteiger partial charge in [0.2, 0.25) is 5.91 Å². The van der Waals surface area contributed by atoms with E-state index < -0.39 is 0 Å². The van der Waals surface area contributed by atoms with E-state index in [-0.39, 0.29) is 12.1 Å². The predicted octanol–water partition coefficient (Wildman–Crippen LogP) is 2.70. The molecule has 4 nitrogen and oxygen atoms in total. The number of carbonyl (C=O) groups is 1. The Labute approximate surface area is 126 Å². The van der Waals surface area contributed by atoms with Crippen molar-refractivity contribution >= 4 is 5.91 Å². The van der Waals surface area contributed by atoms with Gasteiger partial charge in [0, 0.05) is 6.04 Å². The largest absolute Gasteiger partial charge is 0.494 e. The fourth-order valence-electron chi connectivity index (χ4n) is 3.32. The molecule has 0 spiro atoms. The maximum absolute atomic E-state index is 12.3. The Morgan fingerprint density at radius 2 is 2.05 bits per heavy atom. The molecular weight excluding hydrogens is 264 g/mol. The normalized spacial score (nSPS) is 24.0. The Bertz CT molecular complexity index is 496. The number of nitrogens with one attached hydrogen (secondary N) is 1. The second-order valence-electron chi connectivity index (χ2n) is 6.02. The highest BCUT2D eigenvalue weighted by Gasteiger charge is 2.39. The van der Waals surface area contributed by atoms with E-state index >= 15 is 0 Å². The van der Waals surface area contributed by atoms with Crippen LogP contribution in [0.1, 0.15) is 44.8 Å². The standard InChI is InChI=1S/C17H24N2O2/c1-3-21-15-9-7-14(8-10-15)17-18-11-16(20)19(17)12(2)13-5-4-6-13/h7-10,12-13,17-18H,3-6,11H2,1-2H3. The quantitative estimate of drug-likeness (QED) is 0.906. The van der Waals surface area contributed by atoms with E-state index in [2.05, 4.69) is 24.4 Å². The molecule has 2 unspecified atom stereocenters. The summed E-state index contributed by atoms with van der Waals surface area (Å²) in [6.45, 7) is 5.28. The lowest BCUT2D eigenvalue weighted by atomic mass is 9.79. The molecule has 21 heavy (non-hydrogen) atoms. The molecule has 0 bridgehead atoms. The molecule has 0 radical (unpaired) electrons. The van der Waals surface area contributed by atoms with Gasteiger partial charge in [-0.1, -0.05) is 18.6 Å². The van der Waals surface area contributed by atoms with Gasteiger partial charge >= 0.3 is 0 Å².